The zero-order valence-corrected chi connectivity index (χ0v) is 11.6. The van der Waals surface area contributed by atoms with Crippen molar-refractivity contribution < 1.29 is 13.2 Å². The molecule has 3 aromatic rings. The first-order chi connectivity index (χ1) is 10.2. The van der Waals surface area contributed by atoms with Crippen LogP contribution in [0.25, 0.3) is 11.0 Å². The van der Waals surface area contributed by atoms with Crippen molar-refractivity contribution in [3.8, 4) is 0 Å². The highest BCUT2D eigenvalue weighted by molar-refractivity contribution is 5.81. The van der Waals surface area contributed by atoms with Gasteiger partial charge in [-0.15, -0.1) is 0 Å². The van der Waals surface area contributed by atoms with E-state index in [0.29, 0.717) is 12.0 Å². The van der Waals surface area contributed by atoms with Crippen LogP contribution in [0.3, 0.4) is 0 Å². The van der Waals surface area contributed by atoms with Crippen LogP contribution in [-0.4, -0.2) is 7.05 Å². The molecule has 0 fully saturated rings. The maximum atomic E-state index is 13.8. The predicted octanol–water partition coefficient (Wildman–Crippen LogP) is 4.21. The molecule has 4 heteroatoms. The third-order valence-corrected chi connectivity index (χ3v) is 3.69. The molecule has 0 aliphatic heterocycles. The van der Waals surface area contributed by atoms with Crippen LogP contribution in [0.5, 0.6) is 0 Å². The Balaban J connectivity index is 1.97. The fourth-order valence-corrected chi connectivity index (χ4v) is 2.56. The second-order valence-corrected chi connectivity index (χ2v) is 4.95. The van der Waals surface area contributed by atoms with Crippen molar-refractivity contribution in [1.29, 1.82) is 0 Å². The van der Waals surface area contributed by atoms with Gasteiger partial charge in [0.05, 0.1) is 6.26 Å². The summed E-state index contributed by atoms with van der Waals surface area (Å²) >= 11 is 0. The van der Waals surface area contributed by atoms with Gasteiger partial charge >= 0.3 is 0 Å². The molecule has 1 unspecified atom stereocenters. The topological polar surface area (TPSA) is 25.2 Å². The van der Waals surface area contributed by atoms with Crippen LogP contribution in [0.2, 0.25) is 0 Å². The first-order valence-corrected chi connectivity index (χ1v) is 6.77. The van der Waals surface area contributed by atoms with Crippen molar-refractivity contribution in [2.45, 2.75) is 12.5 Å². The standard InChI is InChI=1S/C17H15F2NO/c1-20-15(9-11-5-4-7-14(18)17(11)19)13-10-21-16-8-3-2-6-12(13)16/h2-8,10,15,20H,9H2,1H3. The second kappa shape index (κ2) is 5.66. The predicted molar refractivity (Wildman–Crippen MR) is 78.1 cm³/mol. The van der Waals surface area contributed by atoms with Crippen LogP contribution in [0.4, 0.5) is 8.78 Å². The highest BCUT2D eigenvalue weighted by Gasteiger charge is 2.18. The maximum absolute atomic E-state index is 13.8. The number of halogens is 2. The lowest BCUT2D eigenvalue weighted by Gasteiger charge is -2.15. The van der Waals surface area contributed by atoms with E-state index in [9.17, 15) is 8.78 Å². The molecule has 0 saturated carbocycles. The summed E-state index contributed by atoms with van der Waals surface area (Å²) in [6.45, 7) is 0. The number of rotatable bonds is 4. The number of nitrogens with one attached hydrogen (secondary N) is 1. The maximum Gasteiger partial charge on any atom is 0.162 e. The minimum atomic E-state index is -0.820. The first-order valence-electron chi connectivity index (χ1n) is 6.77. The smallest absolute Gasteiger partial charge is 0.162 e. The third-order valence-electron chi connectivity index (χ3n) is 3.69. The molecule has 0 saturated heterocycles. The Morgan fingerprint density at radius 3 is 2.71 bits per heavy atom. The van der Waals surface area contributed by atoms with Gasteiger partial charge in [-0.3, -0.25) is 0 Å². The van der Waals surface area contributed by atoms with Crippen LogP contribution >= 0.6 is 0 Å². The Hall–Kier alpha value is -2.20. The van der Waals surface area contributed by atoms with Crippen molar-refractivity contribution in [3.63, 3.8) is 0 Å². The summed E-state index contributed by atoms with van der Waals surface area (Å²) in [5.74, 6) is -1.61. The monoisotopic (exact) mass is 287 g/mol. The number of para-hydroxylation sites is 1. The zero-order chi connectivity index (χ0) is 14.8. The van der Waals surface area contributed by atoms with E-state index in [-0.39, 0.29) is 6.04 Å². The Kier molecular flexibility index (Phi) is 3.71. The van der Waals surface area contributed by atoms with E-state index in [2.05, 4.69) is 5.32 Å². The molecule has 1 atom stereocenters. The third kappa shape index (κ3) is 2.54. The summed E-state index contributed by atoms with van der Waals surface area (Å²) < 4.78 is 32.7. The molecule has 0 aliphatic carbocycles. The van der Waals surface area contributed by atoms with Gasteiger partial charge in [-0.1, -0.05) is 30.3 Å². The lowest BCUT2D eigenvalue weighted by molar-refractivity contribution is 0.486. The lowest BCUT2D eigenvalue weighted by Crippen LogP contribution is -2.19. The van der Waals surface area contributed by atoms with E-state index >= 15 is 0 Å². The highest BCUT2D eigenvalue weighted by atomic mass is 19.2. The zero-order valence-electron chi connectivity index (χ0n) is 11.6. The number of fused-ring (bicyclic) bond motifs is 1. The molecule has 1 aromatic heterocycles. The van der Waals surface area contributed by atoms with Gasteiger partial charge in [-0.05, 0) is 31.2 Å². The van der Waals surface area contributed by atoms with Crippen molar-refractivity contribution in [1.82, 2.24) is 5.32 Å². The average molecular weight is 287 g/mol. The normalized spacial score (nSPS) is 12.7. The van der Waals surface area contributed by atoms with Crippen molar-refractivity contribution >= 4 is 11.0 Å². The Bertz CT molecular complexity index is 766. The second-order valence-electron chi connectivity index (χ2n) is 4.95. The minimum absolute atomic E-state index is 0.148. The van der Waals surface area contributed by atoms with Gasteiger partial charge in [0.15, 0.2) is 11.6 Å². The SMILES string of the molecule is CNC(Cc1cccc(F)c1F)c1coc2ccccc12. The number of hydrogen-bond donors (Lipinski definition) is 1. The van der Waals surface area contributed by atoms with Crippen molar-refractivity contribution in [2.75, 3.05) is 7.05 Å². The molecule has 0 bridgehead atoms. The molecule has 2 nitrogen and oxygen atoms in total. The average Bonchev–Trinajstić information content (AvgIpc) is 2.93. The Morgan fingerprint density at radius 2 is 1.90 bits per heavy atom. The molecular weight excluding hydrogens is 272 g/mol. The van der Waals surface area contributed by atoms with Crippen molar-refractivity contribution in [2.24, 2.45) is 0 Å². The molecule has 3 rings (SSSR count). The largest absolute Gasteiger partial charge is 0.464 e. The fourth-order valence-electron chi connectivity index (χ4n) is 2.56. The molecule has 21 heavy (non-hydrogen) atoms. The Labute approximate surface area is 121 Å². The summed E-state index contributed by atoms with van der Waals surface area (Å²) in [5, 5.41) is 4.12. The van der Waals surface area contributed by atoms with Gasteiger partial charge < -0.3 is 9.73 Å². The van der Waals surface area contributed by atoms with Gasteiger partial charge in [0.25, 0.3) is 0 Å². The van der Waals surface area contributed by atoms with Gasteiger partial charge in [-0.2, -0.15) is 0 Å². The molecule has 108 valence electrons. The summed E-state index contributed by atoms with van der Waals surface area (Å²) in [4.78, 5) is 0. The van der Waals surface area contributed by atoms with E-state index in [1.54, 1.807) is 19.4 Å². The molecule has 0 spiro atoms. The number of benzene rings is 2. The quantitative estimate of drug-likeness (QED) is 0.777. The summed E-state index contributed by atoms with van der Waals surface area (Å²) in [6.07, 6.45) is 2.02. The minimum Gasteiger partial charge on any atom is -0.464 e. The molecule has 1 N–H and O–H groups in total. The fraction of sp³-hybridized carbons (Fsp3) is 0.176. The van der Waals surface area contributed by atoms with Gasteiger partial charge in [0.2, 0.25) is 0 Å². The van der Waals surface area contributed by atoms with Crippen LogP contribution in [0.15, 0.2) is 53.1 Å². The summed E-state index contributed by atoms with van der Waals surface area (Å²) in [6, 6.07) is 11.8. The van der Waals surface area contributed by atoms with Crippen LogP contribution in [0, 0.1) is 11.6 Å². The van der Waals surface area contributed by atoms with E-state index < -0.39 is 11.6 Å². The highest BCUT2D eigenvalue weighted by Crippen LogP contribution is 2.29. The van der Waals surface area contributed by atoms with E-state index in [1.807, 2.05) is 24.3 Å². The van der Waals surface area contributed by atoms with Gasteiger partial charge in [0, 0.05) is 17.0 Å². The Morgan fingerprint density at radius 1 is 1.10 bits per heavy atom. The number of likely N-dealkylation sites (N-methyl/N-ethyl adjacent to an activating group) is 1. The number of hydrogen-bond acceptors (Lipinski definition) is 2. The summed E-state index contributed by atoms with van der Waals surface area (Å²) in [7, 11) is 1.80. The van der Waals surface area contributed by atoms with E-state index in [1.165, 1.54) is 6.07 Å². The first kappa shape index (κ1) is 13.8. The van der Waals surface area contributed by atoms with Gasteiger partial charge in [-0.25, -0.2) is 8.78 Å². The van der Waals surface area contributed by atoms with Crippen LogP contribution < -0.4 is 5.32 Å². The molecule has 0 amide bonds. The summed E-state index contributed by atoms with van der Waals surface area (Å²) in [5.41, 5.74) is 2.07. The molecule has 2 aromatic carbocycles. The van der Waals surface area contributed by atoms with Gasteiger partial charge in [0.1, 0.15) is 5.58 Å². The molecule has 1 heterocycles. The van der Waals surface area contributed by atoms with Crippen LogP contribution in [0.1, 0.15) is 17.2 Å². The van der Waals surface area contributed by atoms with Crippen LogP contribution in [-0.2, 0) is 6.42 Å². The molecule has 0 radical (unpaired) electrons. The van der Waals surface area contributed by atoms with Crippen molar-refractivity contribution in [3.05, 3.63) is 71.5 Å². The molecule has 0 aliphatic rings. The van der Waals surface area contributed by atoms with E-state index in [0.717, 1.165) is 22.6 Å². The van der Waals surface area contributed by atoms with E-state index in [4.69, 9.17) is 4.42 Å². The lowest BCUT2D eigenvalue weighted by atomic mass is 9.98. The number of furan rings is 1. The molecular formula is C17H15F2NO.